The minimum Gasteiger partial charge on any atom is -0.427 e. The van der Waals surface area contributed by atoms with Crippen LogP contribution in [0.25, 0.3) is 11.1 Å². The first kappa shape index (κ1) is 16.2. The van der Waals surface area contributed by atoms with E-state index in [4.69, 9.17) is 10.2 Å². The van der Waals surface area contributed by atoms with Crippen LogP contribution < -0.4 is 5.73 Å². The molecule has 8 heteroatoms. The Morgan fingerprint density at radius 2 is 2.14 bits per heavy atom. The van der Waals surface area contributed by atoms with Crippen LogP contribution in [0.2, 0.25) is 0 Å². The van der Waals surface area contributed by atoms with Gasteiger partial charge in [-0.1, -0.05) is 12.1 Å². The molecule has 1 unspecified atom stereocenters. The van der Waals surface area contributed by atoms with Crippen LogP contribution in [0.4, 0.5) is 0 Å². The fourth-order valence-electron chi connectivity index (χ4n) is 2.51. The number of oxazole rings is 1. The molecule has 2 heterocycles. The van der Waals surface area contributed by atoms with E-state index in [1.54, 1.807) is 24.3 Å². The minimum absolute atomic E-state index is 0. The second-order valence-electron chi connectivity index (χ2n) is 5.05. The van der Waals surface area contributed by atoms with E-state index in [-0.39, 0.29) is 23.5 Å². The number of hydrogen-bond acceptors (Lipinski definition) is 5. The average Bonchev–Trinajstić information content (AvgIpc) is 2.92. The SMILES string of the molecule is Cl.NCC1CCCN(S(=O)(=O)c2nc3ccccc3o2)C1. The molecule has 1 aromatic heterocycles. The fourth-order valence-corrected chi connectivity index (χ4v) is 3.92. The number of aromatic nitrogens is 1. The van der Waals surface area contributed by atoms with Crippen molar-refractivity contribution in [1.29, 1.82) is 0 Å². The zero-order chi connectivity index (χ0) is 14.2. The van der Waals surface area contributed by atoms with Crippen LogP contribution in [0.1, 0.15) is 12.8 Å². The van der Waals surface area contributed by atoms with Crippen LogP contribution in [0.5, 0.6) is 0 Å². The van der Waals surface area contributed by atoms with Gasteiger partial charge in [-0.15, -0.1) is 12.4 Å². The lowest BCUT2D eigenvalue weighted by Crippen LogP contribution is -2.42. The lowest BCUT2D eigenvalue weighted by molar-refractivity contribution is 0.265. The number of sulfonamides is 1. The van der Waals surface area contributed by atoms with Gasteiger partial charge >= 0.3 is 5.22 Å². The van der Waals surface area contributed by atoms with Crippen molar-refractivity contribution in [3.63, 3.8) is 0 Å². The number of piperidine rings is 1. The summed E-state index contributed by atoms with van der Waals surface area (Å²) in [4.78, 5) is 4.08. The van der Waals surface area contributed by atoms with Gasteiger partial charge in [-0.25, -0.2) is 8.42 Å². The zero-order valence-electron chi connectivity index (χ0n) is 11.4. The van der Waals surface area contributed by atoms with Crippen molar-refractivity contribution in [3.05, 3.63) is 24.3 Å². The van der Waals surface area contributed by atoms with E-state index in [1.807, 2.05) is 0 Å². The Balaban J connectivity index is 0.00000161. The maximum absolute atomic E-state index is 12.5. The van der Waals surface area contributed by atoms with Crippen LogP contribution >= 0.6 is 12.4 Å². The highest BCUT2D eigenvalue weighted by Crippen LogP contribution is 2.25. The van der Waals surface area contributed by atoms with Gasteiger partial charge in [0, 0.05) is 13.1 Å². The third-order valence-electron chi connectivity index (χ3n) is 3.65. The zero-order valence-corrected chi connectivity index (χ0v) is 13.1. The Hall–Kier alpha value is -1.15. The summed E-state index contributed by atoms with van der Waals surface area (Å²) in [6.45, 7) is 1.44. The molecular formula is C13H18ClN3O3S. The molecule has 2 N–H and O–H groups in total. The monoisotopic (exact) mass is 331 g/mol. The molecule has 0 aliphatic carbocycles. The van der Waals surface area contributed by atoms with Crippen molar-refractivity contribution in [2.24, 2.45) is 11.7 Å². The predicted octanol–water partition coefficient (Wildman–Crippen LogP) is 1.61. The van der Waals surface area contributed by atoms with E-state index in [2.05, 4.69) is 4.98 Å². The van der Waals surface area contributed by atoms with Crippen molar-refractivity contribution in [3.8, 4) is 0 Å². The van der Waals surface area contributed by atoms with Crippen LogP contribution in [-0.2, 0) is 10.0 Å². The molecule has 0 saturated carbocycles. The van der Waals surface area contributed by atoms with E-state index in [1.165, 1.54) is 4.31 Å². The normalized spacial score (nSPS) is 20.3. The molecule has 1 aliphatic heterocycles. The van der Waals surface area contributed by atoms with Gasteiger partial charge in [0.25, 0.3) is 10.0 Å². The lowest BCUT2D eigenvalue weighted by Gasteiger charge is -2.29. The van der Waals surface area contributed by atoms with E-state index in [0.29, 0.717) is 30.7 Å². The number of fused-ring (bicyclic) bond motifs is 1. The Morgan fingerprint density at radius 1 is 1.38 bits per heavy atom. The number of rotatable bonds is 3. The molecule has 1 fully saturated rings. The molecule has 116 valence electrons. The molecule has 1 atom stereocenters. The first-order valence-electron chi connectivity index (χ1n) is 6.67. The molecule has 6 nitrogen and oxygen atoms in total. The molecule has 0 radical (unpaired) electrons. The molecule has 0 bridgehead atoms. The second-order valence-corrected chi connectivity index (χ2v) is 6.87. The highest BCUT2D eigenvalue weighted by Gasteiger charge is 2.33. The third-order valence-corrected chi connectivity index (χ3v) is 5.28. The van der Waals surface area contributed by atoms with E-state index in [9.17, 15) is 8.42 Å². The quantitative estimate of drug-likeness (QED) is 0.922. The summed E-state index contributed by atoms with van der Waals surface area (Å²) in [5.74, 6) is 0.211. The van der Waals surface area contributed by atoms with Gasteiger partial charge in [-0.3, -0.25) is 0 Å². The van der Waals surface area contributed by atoms with Crippen molar-refractivity contribution < 1.29 is 12.8 Å². The van der Waals surface area contributed by atoms with Gasteiger partial charge in [0.05, 0.1) is 0 Å². The summed E-state index contributed by atoms with van der Waals surface area (Å²) in [5, 5.41) is -0.226. The van der Waals surface area contributed by atoms with E-state index < -0.39 is 10.0 Å². The molecule has 1 saturated heterocycles. The van der Waals surface area contributed by atoms with Gasteiger partial charge < -0.3 is 10.2 Å². The van der Waals surface area contributed by atoms with Crippen LogP contribution in [0.15, 0.2) is 33.9 Å². The molecular weight excluding hydrogens is 314 g/mol. The van der Waals surface area contributed by atoms with Crippen LogP contribution in [0, 0.1) is 5.92 Å². The largest absolute Gasteiger partial charge is 0.427 e. The van der Waals surface area contributed by atoms with Crippen molar-refractivity contribution in [2.75, 3.05) is 19.6 Å². The standard InChI is InChI=1S/C13H17N3O3S.ClH/c14-8-10-4-3-7-16(9-10)20(17,18)13-15-11-5-1-2-6-12(11)19-13;/h1-2,5-6,10H,3-4,7-9,14H2;1H. The second kappa shape index (κ2) is 6.31. The van der Waals surface area contributed by atoms with E-state index >= 15 is 0 Å². The first-order valence-corrected chi connectivity index (χ1v) is 8.11. The summed E-state index contributed by atoms with van der Waals surface area (Å²) in [7, 11) is -3.67. The van der Waals surface area contributed by atoms with Crippen LogP contribution in [0.3, 0.4) is 0 Å². The summed E-state index contributed by atoms with van der Waals surface area (Å²) < 4.78 is 31.9. The van der Waals surface area contributed by atoms with E-state index in [0.717, 1.165) is 12.8 Å². The lowest BCUT2D eigenvalue weighted by atomic mass is 10.0. The highest BCUT2D eigenvalue weighted by atomic mass is 35.5. The molecule has 21 heavy (non-hydrogen) atoms. The summed E-state index contributed by atoms with van der Waals surface area (Å²) in [6.07, 6.45) is 1.79. The fraction of sp³-hybridized carbons (Fsp3) is 0.462. The van der Waals surface area contributed by atoms with Gasteiger partial charge in [0.2, 0.25) is 0 Å². The minimum atomic E-state index is -3.67. The summed E-state index contributed by atoms with van der Waals surface area (Å²) >= 11 is 0. The smallest absolute Gasteiger partial charge is 0.332 e. The molecule has 1 aliphatic rings. The Labute approximate surface area is 129 Å². The number of nitrogens with zero attached hydrogens (tertiary/aromatic N) is 2. The van der Waals surface area contributed by atoms with Gasteiger partial charge in [0.15, 0.2) is 5.58 Å². The molecule has 3 rings (SSSR count). The summed E-state index contributed by atoms with van der Waals surface area (Å²) in [5.41, 5.74) is 6.69. The third kappa shape index (κ3) is 3.06. The van der Waals surface area contributed by atoms with Gasteiger partial charge in [-0.05, 0) is 37.4 Å². The Bertz CT molecular complexity index is 683. The first-order chi connectivity index (χ1) is 9.61. The Morgan fingerprint density at radius 3 is 2.86 bits per heavy atom. The van der Waals surface area contributed by atoms with Crippen molar-refractivity contribution in [2.45, 2.75) is 18.1 Å². The van der Waals surface area contributed by atoms with Crippen molar-refractivity contribution in [1.82, 2.24) is 9.29 Å². The highest BCUT2D eigenvalue weighted by molar-refractivity contribution is 7.88. The molecule has 0 spiro atoms. The van der Waals surface area contributed by atoms with Crippen molar-refractivity contribution >= 4 is 33.5 Å². The topological polar surface area (TPSA) is 89.4 Å². The molecule has 2 aromatic rings. The maximum Gasteiger partial charge on any atom is 0.332 e. The average molecular weight is 332 g/mol. The maximum atomic E-state index is 12.5. The number of halogens is 1. The summed E-state index contributed by atoms with van der Waals surface area (Å²) in [6, 6.07) is 7.03. The number of para-hydroxylation sites is 2. The number of hydrogen-bond donors (Lipinski definition) is 1. The predicted molar refractivity (Wildman–Crippen MR) is 81.8 cm³/mol. The van der Waals surface area contributed by atoms with Gasteiger partial charge in [-0.2, -0.15) is 9.29 Å². The van der Waals surface area contributed by atoms with Crippen LogP contribution in [-0.4, -0.2) is 37.3 Å². The number of nitrogens with two attached hydrogens (primary N) is 1. The molecule has 0 amide bonds. The van der Waals surface area contributed by atoms with Gasteiger partial charge in [0.1, 0.15) is 5.52 Å². The Kier molecular flexibility index (Phi) is 4.88. The molecule has 1 aromatic carbocycles. The number of benzene rings is 1.